The van der Waals surface area contributed by atoms with Crippen LogP contribution in [0.15, 0.2) is 369 Å². The molecule has 0 fully saturated rings. The van der Waals surface area contributed by atoms with Crippen molar-refractivity contribution in [2.75, 3.05) is 0 Å². The predicted molar refractivity (Wildman–Crippen MR) is 491 cm³/mol. The SMILES string of the molecule is C1=CNC2Sc3c(nc(-c4ccc5ccccc5c4)nc3-c3ccc(-c4nc(-c5cccc(-c6ccc7c8ccccc8n(-c8cccc(-c9nc(-c%10ccccc%10)nc(-c%10ccc(-c%11nc(-c%12ccccc%12)nc%12c%13c(sc%11%12)=[N+]=C(c%11ccccc%11)C=%13)cc%10)n9)c8)c7c6)c5)nc(-c5cccc(-n6c7ccccc7c7ccccc76)c5)n4)cc3)C2=C1. The number of nitrogens with one attached hydrogen (secondary N) is 1. The number of aromatic nitrogens is 12. The van der Waals surface area contributed by atoms with E-state index in [9.17, 15) is 0 Å². The average Bonchev–Trinajstić information content (AvgIpc) is 1.63. The molecule has 0 aliphatic carbocycles. The zero-order chi connectivity index (χ0) is 79.6. The molecule has 3 aliphatic heterocycles. The maximum atomic E-state index is 5.45. The number of rotatable bonds is 14. The van der Waals surface area contributed by atoms with Crippen LogP contribution < -0.4 is 19.9 Å². The fraction of sp³-hybridized carbons (Fsp3) is 0.00952. The Labute approximate surface area is 700 Å². The van der Waals surface area contributed by atoms with Crippen LogP contribution >= 0.6 is 23.1 Å². The highest BCUT2D eigenvalue weighted by Gasteiger charge is 2.34. The fourth-order valence-corrected chi connectivity index (χ4v) is 19.5. The highest BCUT2D eigenvalue weighted by Crippen LogP contribution is 2.49. The quantitative estimate of drug-likeness (QED) is 0.103. The molecule has 0 bridgehead atoms. The van der Waals surface area contributed by atoms with Crippen LogP contribution in [0.4, 0.5) is 0 Å². The lowest BCUT2D eigenvalue weighted by Gasteiger charge is -2.14. The minimum absolute atomic E-state index is 0.0183. The van der Waals surface area contributed by atoms with Crippen molar-refractivity contribution in [3.63, 3.8) is 0 Å². The summed E-state index contributed by atoms with van der Waals surface area (Å²) in [4.78, 5) is 54.4. The van der Waals surface area contributed by atoms with E-state index in [1.807, 2.05) is 79.0 Å². The van der Waals surface area contributed by atoms with Gasteiger partial charge in [0.05, 0.1) is 54.3 Å². The molecule has 16 heteroatoms. The van der Waals surface area contributed by atoms with E-state index in [2.05, 4.69) is 306 Å². The van der Waals surface area contributed by atoms with Crippen LogP contribution in [0.1, 0.15) is 11.3 Å². The summed E-state index contributed by atoms with van der Waals surface area (Å²) in [6.45, 7) is 0. The van der Waals surface area contributed by atoms with E-state index in [0.29, 0.717) is 46.6 Å². The Morgan fingerprint density at radius 1 is 0.298 bits per heavy atom. The lowest BCUT2D eigenvalue weighted by atomic mass is 10.0. The van der Waals surface area contributed by atoms with Gasteiger partial charge < -0.3 is 14.5 Å². The predicted octanol–water partition coefficient (Wildman–Crippen LogP) is 22.4. The first-order valence-electron chi connectivity index (χ1n) is 40.1. The molecule has 10 heterocycles. The molecule has 564 valence electrons. The second kappa shape index (κ2) is 28.5. The van der Waals surface area contributed by atoms with E-state index < -0.39 is 0 Å². The second-order valence-electron chi connectivity index (χ2n) is 30.3. The van der Waals surface area contributed by atoms with Gasteiger partial charge in [0.15, 0.2) is 46.6 Å². The third-order valence-electron chi connectivity index (χ3n) is 23.0. The fourth-order valence-electron chi connectivity index (χ4n) is 17.1. The molecule has 0 spiro atoms. The Kier molecular flexibility index (Phi) is 16.4. The van der Waals surface area contributed by atoms with Crippen LogP contribution in [0.2, 0.25) is 0 Å². The van der Waals surface area contributed by atoms with Crippen LogP contribution in [-0.4, -0.2) is 70.1 Å². The van der Waals surface area contributed by atoms with Gasteiger partial charge in [-0.1, -0.05) is 295 Å². The molecule has 0 saturated heterocycles. The van der Waals surface area contributed by atoms with Gasteiger partial charge in [-0.3, -0.25) is 0 Å². The molecular formula is C105H63N14S2+. The molecule has 24 rings (SSSR count). The maximum absolute atomic E-state index is 5.45. The summed E-state index contributed by atoms with van der Waals surface area (Å²) in [6.07, 6.45) is 8.37. The molecule has 7 aromatic heterocycles. The molecule has 0 saturated carbocycles. The summed E-state index contributed by atoms with van der Waals surface area (Å²) < 4.78 is 11.7. The molecule has 1 N–H and O–H groups in total. The smallest absolute Gasteiger partial charge is 0.375 e. The maximum Gasteiger partial charge on any atom is 0.393 e. The highest BCUT2D eigenvalue weighted by atomic mass is 32.2. The first kappa shape index (κ1) is 69.5. The minimum atomic E-state index is 0.0183. The first-order chi connectivity index (χ1) is 59.9. The molecule has 14 aromatic carbocycles. The summed E-state index contributed by atoms with van der Waals surface area (Å²) in [6, 6.07) is 121. The standard InChI is InChI=1S/C105H63N14S2/c1-4-23-63(24-5-1)85-61-84-93-95(121-105(84)107-85)91(108-96(111-93)66-25-6-2-7-26-66)65-46-48-68(49-47-65)98-112-97(67-27-8-3-9-28-67)113-102(115-98)75-33-20-35-78(59-75)119-88-42-17-14-38-81(88)82-54-53-72(60-89(82)119)71-30-18-31-73(57-71)101-114-99(116-103(117-101)74-32-19-34-77(58-74)118-86-40-15-12-36-79(86)80-37-13-16-41-87(80)118)69-50-44-64(45-51-69)90-94-92(83-39-21-55-106-104(83)120-94)110-100(109-90)76-52-43-62-22-10-11-29-70(62)56-76/h1-61,104,106H/q+1. The highest BCUT2D eigenvalue weighted by molar-refractivity contribution is 8.01. The Bertz CT molecular complexity index is 8080. The van der Waals surface area contributed by atoms with Crippen LogP contribution in [0, 0.1) is 0 Å². The van der Waals surface area contributed by atoms with Crippen molar-refractivity contribution < 1.29 is 0 Å². The van der Waals surface area contributed by atoms with E-state index in [0.717, 1.165) is 181 Å². The van der Waals surface area contributed by atoms with Crippen molar-refractivity contribution in [3.05, 3.63) is 385 Å². The average molecular weight is 1580 g/mol. The zero-order valence-electron chi connectivity index (χ0n) is 64.4. The topological polar surface area (TPSA) is 165 Å². The lowest BCUT2D eigenvalue weighted by Crippen LogP contribution is -2.20. The van der Waals surface area contributed by atoms with E-state index in [1.54, 1.807) is 23.1 Å². The molecule has 3 aliphatic rings. The normalized spacial score (nSPS) is 13.3. The number of nitrogens with zero attached hydrogens (tertiary/aromatic N) is 13. The van der Waals surface area contributed by atoms with Gasteiger partial charge in [0.2, 0.25) is 0 Å². The number of allylic oxidation sites excluding steroid dienone is 2. The van der Waals surface area contributed by atoms with Crippen molar-refractivity contribution in [3.8, 4) is 136 Å². The second-order valence-corrected chi connectivity index (χ2v) is 32.4. The number of thioether (sulfide) groups is 1. The van der Waals surface area contributed by atoms with Gasteiger partial charge in [0, 0.05) is 100 Å². The third-order valence-corrected chi connectivity index (χ3v) is 25.4. The summed E-state index contributed by atoms with van der Waals surface area (Å²) in [5, 5.41) is 11.5. The Hall–Kier alpha value is -15.8. The van der Waals surface area contributed by atoms with Crippen molar-refractivity contribution >= 4 is 105 Å². The van der Waals surface area contributed by atoms with Crippen molar-refractivity contribution in [2.45, 2.75) is 10.3 Å². The zero-order valence-corrected chi connectivity index (χ0v) is 66.1. The Balaban J connectivity index is 0.599. The number of hydrogen-bond donors (Lipinski definition) is 1. The lowest BCUT2D eigenvalue weighted by molar-refractivity contribution is 0.933. The van der Waals surface area contributed by atoms with E-state index in [-0.39, 0.29) is 5.37 Å². The van der Waals surface area contributed by atoms with Gasteiger partial charge in [-0.2, -0.15) is 0 Å². The molecule has 1 unspecified atom stereocenters. The van der Waals surface area contributed by atoms with Crippen LogP contribution in [0.3, 0.4) is 0 Å². The number of thiophene rings is 1. The monoisotopic (exact) mass is 1580 g/mol. The van der Waals surface area contributed by atoms with Gasteiger partial charge in [0.25, 0.3) is 0 Å². The first-order valence-corrected chi connectivity index (χ1v) is 41.8. The number of para-hydroxylation sites is 3. The Morgan fingerprint density at radius 3 is 1.31 bits per heavy atom. The molecule has 0 radical (unpaired) electrons. The summed E-state index contributed by atoms with van der Waals surface area (Å²) in [5.41, 5.74) is 23.7. The Morgan fingerprint density at radius 2 is 0.711 bits per heavy atom. The summed E-state index contributed by atoms with van der Waals surface area (Å²) in [5.74, 6) is 4.57. The number of dihydropyridines is 1. The molecule has 121 heavy (non-hydrogen) atoms. The van der Waals surface area contributed by atoms with Crippen LogP contribution in [0.25, 0.3) is 212 Å². The number of hydrogen-bond acceptors (Lipinski definition) is 13. The molecule has 21 aromatic rings. The van der Waals surface area contributed by atoms with Crippen molar-refractivity contribution in [2.24, 2.45) is 0 Å². The van der Waals surface area contributed by atoms with Crippen LogP contribution in [-0.2, 0) is 0 Å². The van der Waals surface area contributed by atoms with E-state index >= 15 is 0 Å². The molecule has 14 nitrogen and oxygen atoms in total. The van der Waals surface area contributed by atoms with Gasteiger partial charge in [-0.25, -0.2) is 49.8 Å². The molecule has 1 atom stereocenters. The van der Waals surface area contributed by atoms with Gasteiger partial charge in [-0.15, -0.1) is 0 Å². The minimum Gasteiger partial charge on any atom is -0.375 e. The van der Waals surface area contributed by atoms with E-state index in [1.165, 1.54) is 10.8 Å². The molecular weight excluding hydrogens is 1520 g/mol. The molecule has 0 amide bonds. The van der Waals surface area contributed by atoms with E-state index in [4.69, 9.17) is 54.5 Å². The van der Waals surface area contributed by atoms with Gasteiger partial charge >= 0.3 is 10.4 Å². The summed E-state index contributed by atoms with van der Waals surface area (Å²) in [7, 11) is 0. The summed E-state index contributed by atoms with van der Waals surface area (Å²) >= 11 is 3.37. The van der Waals surface area contributed by atoms with Gasteiger partial charge in [-0.05, 0) is 118 Å². The van der Waals surface area contributed by atoms with Gasteiger partial charge in [0.1, 0.15) is 16.1 Å². The van der Waals surface area contributed by atoms with Crippen molar-refractivity contribution in [1.29, 1.82) is 0 Å². The number of benzene rings is 14. The van der Waals surface area contributed by atoms with Crippen LogP contribution in [0.5, 0.6) is 0 Å². The van der Waals surface area contributed by atoms with Crippen molar-refractivity contribution in [1.82, 2.24) is 69.0 Å². The third kappa shape index (κ3) is 12.1. The largest absolute Gasteiger partial charge is 0.393 e. The number of fused-ring (bicyclic) bond motifs is 13.